The Labute approximate surface area is 189 Å². The van der Waals surface area contributed by atoms with Gasteiger partial charge in [-0.1, -0.05) is 67.6 Å². The summed E-state index contributed by atoms with van der Waals surface area (Å²) < 4.78 is 0.920. The molecule has 3 nitrogen and oxygen atoms in total. The van der Waals surface area contributed by atoms with Crippen molar-refractivity contribution in [1.29, 1.82) is 0 Å². The Morgan fingerprint density at radius 2 is 1.40 bits per heavy atom. The van der Waals surface area contributed by atoms with Gasteiger partial charge in [-0.2, -0.15) is 0 Å². The summed E-state index contributed by atoms with van der Waals surface area (Å²) in [5, 5.41) is 0. The number of hydrogen-bond donors (Lipinski definition) is 0. The highest BCUT2D eigenvalue weighted by atomic mass is 127. The van der Waals surface area contributed by atoms with Crippen molar-refractivity contribution in [2.75, 3.05) is 4.90 Å². The smallest absolute Gasteiger partial charge is 0.239 e. The van der Waals surface area contributed by atoms with Gasteiger partial charge in [-0.05, 0) is 63.4 Å². The Kier molecular flexibility index (Phi) is 3.82. The Bertz CT molecular complexity index is 1190. The van der Waals surface area contributed by atoms with Crippen molar-refractivity contribution in [3.63, 3.8) is 0 Å². The molecule has 148 valence electrons. The SMILES string of the molecule is CCC12c3ccccc3C(c3ccccc31)[C@H]1C(=O)N(c3ccccc3I)C(=O)[C@@H]12. The molecule has 4 aliphatic rings. The van der Waals surface area contributed by atoms with Gasteiger partial charge in [-0.15, -0.1) is 0 Å². The van der Waals surface area contributed by atoms with Crippen LogP contribution in [0.5, 0.6) is 0 Å². The maximum atomic E-state index is 14.0. The van der Waals surface area contributed by atoms with Crippen LogP contribution < -0.4 is 4.90 Å². The van der Waals surface area contributed by atoms with Gasteiger partial charge in [0.25, 0.3) is 0 Å². The van der Waals surface area contributed by atoms with E-state index in [1.165, 1.54) is 27.2 Å². The molecule has 1 saturated heterocycles. The number of halogens is 1. The molecule has 3 aromatic carbocycles. The maximum Gasteiger partial charge on any atom is 0.239 e. The minimum Gasteiger partial charge on any atom is -0.274 e. The summed E-state index contributed by atoms with van der Waals surface area (Å²) in [5.41, 5.74) is 5.12. The third-order valence-electron chi connectivity index (χ3n) is 7.45. The van der Waals surface area contributed by atoms with Crippen LogP contribution in [-0.2, 0) is 15.0 Å². The number of hydrogen-bond acceptors (Lipinski definition) is 2. The number of amides is 2. The molecule has 1 aliphatic heterocycles. The van der Waals surface area contributed by atoms with Crippen LogP contribution in [-0.4, -0.2) is 11.8 Å². The summed E-state index contributed by atoms with van der Waals surface area (Å²) >= 11 is 2.22. The molecule has 1 heterocycles. The zero-order valence-corrected chi connectivity index (χ0v) is 18.7. The fourth-order valence-electron chi connectivity index (χ4n) is 6.40. The summed E-state index contributed by atoms with van der Waals surface area (Å²) in [6, 6.07) is 24.6. The normalized spacial score (nSPS) is 28.3. The predicted molar refractivity (Wildman–Crippen MR) is 124 cm³/mol. The van der Waals surface area contributed by atoms with Crippen LogP contribution in [0.15, 0.2) is 72.8 Å². The van der Waals surface area contributed by atoms with Gasteiger partial charge in [0.15, 0.2) is 0 Å². The van der Waals surface area contributed by atoms with Crippen LogP contribution in [0.3, 0.4) is 0 Å². The Hall–Kier alpha value is -2.47. The molecule has 3 aromatic rings. The van der Waals surface area contributed by atoms with Crippen LogP contribution in [0.25, 0.3) is 0 Å². The van der Waals surface area contributed by atoms with E-state index in [-0.39, 0.29) is 29.6 Å². The van der Waals surface area contributed by atoms with Gasteiger partial charge >= 0.3 is 0 Å². The second-order valence-corrected chi connectivity index (χ2v) is 9.61. The molecule has 0 radical (unpaired) electrons. The molecule has 0 spiro atoms. The van der Waals surface area contributed by atoms with E-state index in [2.05, 4.69) is 78.0 Å². The Morgan fingerprint density at radius 1 is 0.833 bits per heavy atom. The van der Waals surface area contributed by atoms with Crippen molar-refractivity contribution < 1.29 is 9.59 Å². The molecule has 2 amide bonds. The first-order chi connectivity index (χ1) is 14.6. The fraction of sp³-hybridized carbons (Fsp3) is 0.231. The van der Waals surface area contributed by atoms with E-state index in [1.54, 1.807) is 0 Å². The monoisotopic (exact) mass is 505 g/mol. The van der Waals surface area contributed by atoms with Gasteiger partial charge in [0.05, 0.1) is 17.5 Å². The lowest BCUT2D eigenvalue weighted by atomic mass is 9.46. The molecule has 0 unspecified atom stereocenters. The number of benzene rings is 3. The summed E-state index contributed by atoms with van der Waals surface area (Å²) in [7, 11) is 0. The summed E-state index contributed by atoms with van der Waals surface area (Å²) in [6.07, 6.45) is 0.785. The number of carbonyl (C=O) groups excluding carboxylic acids is 2. The summed E-state index contributed by atoms with van der Waals surface area (Å²) in [5.74, 6) is -0.886. The first-order valence-corrected chi connectivity index (χ1v) is 11.5. The van der Waals surface area contributed by atoms with Gasteiger partial charge in [-0.3, -0.25) is 9.59 Å². The second-order valence-electron chi connectivity index (χ2n) is 8.44. The van der Waals surface area contributed by atoms with Crippen molar-refractivity contribution in [3.05, 3.63) is 98.6 Å². The van der Waals surface area contributed by atoms with E-state index < -0.39 is 5.41 Å². The number of imide groups is 1. The molecule has 4 heteroatoms. The highest BCUT2D eigenvalue weighted by molar-refractivity contribution is 14.1. The van der Waals surface area contributed by atoms with E-state index in [0.717, 1.165) is 9.99 Å². The standard InChI is InChI=1S/C26H20INO2/c1-2-26-17-11-5-3-9-15(17)21(16-10-4-6-12-18(16)26)22-23(26)25(30)28(24(22)29)20-14-8-7-13-19(20)27/h3-14,21-23H,2H2,1H3/t21?,22-,23-,26?/m1/s1. The van der Waals surface area contributed by atoms with Crippen LogP contribution in [0, 0.1) is 15.4 Å². The van der Waals surface area contributed by atoms with Gasteiger partial charge in [0.1, 0.15) is 0 Å². The first kappa shape index (κ1) is 18.3. The maximum absolute atomic E-state index is 14.0. The minimum atomic E-state index is -0.464. The summed E-state index contributed by atoms with van der Waals surface area (Å²) in [4.78, 5) is 29.3. The second kappa shape index (κ2) is 6.27. The van der Waals surface area contributed by atoms with E-state index in [0.29, 0.717) is 5.69 Å². The molecule has 30 heavy (non-hydrogen) atoms. The number of anilines is 1. The van der Waals surface area contributed by atoms with Crippen LogP contribution in [0.2, 0.25) is 0 Å². The van der Waals surface area contributed by atoms with Crippen molar-refractivity contribution in [3.8, 4) is 0 Å². The highest BCUT2D eigenvalue weighted by Crippen LogP contribution is 2.65. The van der Waals surface area contributed by atoms with Gasteiger partial charge in [0, 0.05) is 14.9 Å². The fourth-order valence-corrected chi connectivity index (χ4v) is 7.03. The molecule has 2 atom stereocenters. The number of para-hydroxylation sites is 1. The molecule has 0 saturated carbocycles. The third kappa shape index (κ3) is 2.01. The largest absolute Gasteiger partial charge is 0.274 e. The lowest BCUT2D eigenvalue weighted by Gasteiger charge is -2.54. The van der Waals surface area contributed by atoms with Crippen molar-refractivity contribution in [2.24, 2.45) is 11.8 Å². The average molecular weight is 505 g/mol. The molecule has 0 aromatic heterocycles. The first-order valence-electron chi connectivity index (χ1n) is 10.4. The average Bonchev–Trinajstić information content (AvgIpc) is 3.05. The van der Waals surface area contributed by atoms with E-state index in [9.17, 15) is 9.59 Å². The summed E-state index contributed by atoms with van der Waals surface area (Å²) in [6.45, 7) is 2.16. The molecule has 0 N–H and O–H groups in total. The number of carbonyl (C=O) groups is 2. The third-order valence-corrected chi connectivity index (χ3v) is 8.36. The van der Waals surface area contributed by atoms with Crippen LogP contribution in [0.4, 0.5) is 5.69 Å². The Balaban J connectivity index is 1.66. The lowest BCUT2D eigenvalue weighted by molar-refractivity contribution is -0.123. The molecule has 7 rings (SSSR count). The zero-order chi connectivity index (χ0) is 20.6. The van der Waals surface area contributed by atoms with Crippen LogP contribution >= 0.6 is 22.6 Å². The molecular weight excluding hydrogens is 485 g/mol. The van der Waals surface area contributed by atoms with Crippen molar-refractivity contribution in [1.82, 2.24) is 0 Å². The molecular formula is C26H20INO2. The minimum absolute atomic E-state index is 0.0510. The van der Waals surface area contributed by atoms with Crippen LogP contribution in [0.1, 0.15) is 41.5 Å². The lowest BCUT2D eigenvalue weighted by Crippen LogP contribution is -2.53. The Morgan fingerprint density at radius 3 is 2.00 bits per heavy atom. The van der Waals surface area contributed by atoms with E-state index >= 15 is 0 Å². The van der Waals surface area contributed by atoms with Crippen molar-refractivity contribution in [2.45, 2.75) is 24.7 Å². The topological polar surface area (TPSA) is 37.4 Å². The van der Waals surface area contributed by atoms with Crippen molar-refractivity contribution >= 4 is 40.1 Å². The number of rotatable bonds is 2. The zero-order valence-electron chi connectivity index (χ0n) is 16.5. The predicted octanol–water partition coefficient (Wildman–Crippen LogP) is 5.25. The van der Waals surface area contributed by atoms with Gasteiger partial charge in [-0.25, -0.2) is 4.90 Å². The molecule has 3 aliphatic carbocycles. The quantitative estimate of drug-likeness (QED) is 0.353. The molecule has 2 bridgehead atoms. The van der Waals surface area contributed by atoms with Gasteiger partial charge < -0.3 is 0 Å². The highest BCUT2D eigenvalue weighted by Gasteiger charge is 2.67. The number of nitrogens with zero attached hydrogens (tertiary/aromatic N) is 1. The van der Waals surface area contributed by atoms with E-state index in [4.69, 9.17) is 0 Å². The van der Waals surface area contributed by atoms with Gasteiger partial charge in [0.2, 0.25) is 11.8 Å². The molecule has 1 fully saturated rings. The van der Waals surface area contributed by atoms with E-state index in [1.807, 2.05) is 24.3 Å².